The van der Waals surface area contributed by atoms with E-state index in [-0.39, 0.29) is 13.2 Å². The molecule has 0 heterocycles. The summed E-state index contributed by atoms with van der Waals surface area (Å²) in [7, 11) is 0. The molecule has 0 fully saturated rings. The van der Waals surface area contributed by atoms with Crippen LogP contribution in [0.25, 0.3) is 0 Å². The van der Waals surface area contributed by atoms with Gasteiger partial charge in [0.15, 0.2) is 0 Å². The molecule has 0 radical (unpaired) electrons. The zero-order valence-corrected chi connectivity index (χ0v) is 13.1. The monoisotopic (exact) mass is 290 g/mol. The van der Waals surface area contributed by atoms with E-state index in [9.17, 15) is 9.59 Å². The highest BCUT2D eigenvalue weighted by Crippen LogP contribution is 2.14. The lowest BCUT2D eigenvalue weighted by atomic mass is 10.2. The molecule has 0 aliphatic rings. The van der Waals surface area contributed by atoms with Crippen LogP contribution in [0.5, 0.6) is 0 Å². The van der Waals surface area contributed by atoms with E-state index in [2.05, 4.69) is 0 Å². The van der Waals surface area contributed by atoms with Gasteiger partial charge in [-0.1, -0.05) is 0 Å². The predicted molar refractivity (Wildman–Crippen MR) is 74.2 cm³/mol. The Morgan fingerprint density at radius 3 is 1.65 bits per heavy atom. The molecule has 0 aliphatic heterocycles. The number of rotatable bonds is 3. The number of ether oxygens (including phenoxy) is 2. The molecule has 7 nitrogen and oxygen atoms in total. The van der Waals surface area contributed by atoms with Crippen LogP contribution in [0.2, 0.25) is 0 Å². The molecule has 0 aromatic rings. The standard InChI is InChI=1S/C13H26N2O5/c1-12(2,3)19-10(17)15(7-9(14)8-16)11(18)20-13(4,5)6/h9,16H,7-8,14H2,1-6H3. The number of carbonyl (C=O) groups excluding carboxylic acids is 2. The van der Waals surface area contributed by atoms with Crippen LogP contribution in [0, 0.1) is 0 Å². The van der Waals surface area contributed by atoms with Crippen LogP contribution in [-0.2, 0) is 9.47 Å². The number of carbonyl (C=O) groups is 2. The molecule has 0 aromatic heterocycles. The number of amides is 2. The molecule has 0 rings (SSSR count). The summed E-state index contributed by atoms with van der Waals surface area (Å²) < 4.78 is 10.3. The largest absolute Gasteiger partial charge is 0.443 e. The predicted octanol–water partition coefficient (Wildman–Crippen LogP) is 1.48. The van der Waals surface area contributed by atoms with Gasteiger partial charge in [-0.3, -0.25) is 0 Å². The van der Waals surface area contributed by atoms with Gasteiger partial charge in [-0.05, 0) is 41.5 Å². The van der Waals surface area contributed by atoms with Crippen molar-refractivity contribution in [3.63, 3.8) is 0 Å². The number of aliphatic hydroxyl groups excluding tert-OH is 1. The van der Waals surface area contributed by atoms with Crippen LogP contribution in [-0.4, -0.2) is 52.6 Å². The van der Waals surface area contributed by atoms with Gasteiger partial charge < -0.3 is 20.3 Å². The quantitative estimate of drug-likeness (QED) is 0.816. The van der Waals surface area contributed by atoms with E-state index in [4.69, 9.17) is 20.3 Å². The van der Waals surface area contributed by atoms with E-state index in [0.29, 0.717) is 0 Å². The van der Waals surface area contributed by atoms with Crippen molar-refractivity contribution in [2.45, 2.75) is 58.8 Å². The zero-order chi connectivity index (χ0) is 16.1. The van der Waals surface area contributed by atoms with E-state index in [1.807, 2.05) is 0 Å². The smallest absolute Gasteiger partial charge is 0.419 e. The minimum Gasteiger partial charge on any atom is -0.443 e. The Balaban J connectivity index is 4.98. The van der Waals surface area contributed by atoms with Crippen molar-refractivity contribution in [1.29, 1.82) is 0 Å². The van der Waals surface area contributed by atoms with Crippen molar-refractivity contribution in [2.75, 3.05) is 13.2 Å². The lowest BCUT2D eigenvalue weighted by Gasteiger charge is -2.29. The van der Waals surface area contributed by atoms with Gasteiger partial charge in [0.1, 0.15) is 11.2 Å². The molecule has 0 saturated carbocycles. The Labute approximate surface area is 120 Å². The van der Waals surface area contributed by atoms with Crippen molar-refractivity contribution >= 4 is 12.2 Å². The van der Waals surface area contributed by atoms with Crippen molar-refractivity contribution in [3.8, 4) is 0 Å². The Morgan fingerprint density at radius 1 is 1.05 bits per heavy atom. The molecule has 3 N–H and O–H groups in total. The van der Waals surface area contributed by atoms with Crippen molar-refractivity contribution in [3.05, 3.63) is 0 Å². The highest BCUT2D eigenvalue weighted by atomic mass is 16.6. The molecule has 1 atom stereocenters. The average molecular weight is 290 g/mol. The summed E-state index contributed by atoms with van der Waals surface area (Å²) in [6.45, 7) is 9.57. The number of hydrogen-bond donors (Lipinski definition) is 2. The second-order valence-corrected chi connectivity index (χ2v) is 6.51. The fourth-order valence-corrected chi connectivity index (χ4v) is 1.15. The maximum absolute atomic E-state index is 12.0. The van der Waals surface area contributed by atoms with Gasteiger partial charge in [0.05, 0.1) is 13.2 Å². The second kappa shape index (κ2) is 6.90. The third-order valence-electron chi connectivity index (χ3n) is 1.88. The van der Waals surface area contributed by atoms with E-state index >= 15 is 0 Å². The van der Waals surface area contributed by atoms with Gasteiger partial charge in [-0.25, -0.2) is 14.5 Å². The van der Waals surface area contributed by atoms with Gasteiger partial charge in [0.2, 0.25) is 0 Å². The van der Waals surface area contributed by atoms with Crippen LogP contribution < -0.4 is 5.73 Å². The van der Waals surface area contributed by atoms with E-state index in [1.54, 1.807) is 41.5 Å². The minimum absolute atomic E-state index is 0.180. The van der Waals surface area contributed by atoms with Crippen molar-refractivity contribution in [1.82, 2.24) is 4.90 Å². The van der Waals surface area contributed by atoms with E-state index < -0.39 is 29.4 Å². The molecule has 20 heavy (non-hydrogen) atoms. The molecule has 0 aromatic carbocycles. The number of hydrogen-bond acceptors (Lipinski definition) is 6. The third kappa shape index (κ3) is 7.96. The first-order valence-corrected chi connectivity index (χ1v) is 6.45. The zero-order valence-electron chi connectivity index (χ0n) is 13.1. The Hall–Kier alpha value is -1.34. The maximum atomic E-state index is 12.0. The fraction of sp³-hybridized carbons (Fsp3) is 0.846. The van der Waals surface area contributed by atoms with Gasteiger partial charge in [0, 0.05) is 6.04 Å². The molecular formula is C13H26N2O5. The first-order valence-electron chi connectivity index (χ1n) is 6.45. The van der Waals surface area contributed by atoms with Crippen LogP contribution in [0.3, 0.4) is 0 Å². The molecule has 7 heteroatoms. The Bertz CT molecular complexity index is 316. The molecular weight excluding hydrogens is 264 g/mol. The second-order valence-electron chi connectivity index (χ2n) is 6.51. The van der Waals surface area contributed by atoms with E-state index in [0.717, 1.165) is 4.90 Å². The third-order valence-corrected chi connectivity index (χ3v) is 1.88. The number of nitrogens with zero attached hydrogens (tertiary/aromatic N) is 1. The van der Waals surface area contributed by atoms with Gasteiger partial charge in [-0.15, -0.1) is 0 Å². The first-order chi connectivity index (χ1) is 8.85. The van der Waals surface area contributed by atoms with Crippen molar-refractivity contribution < 1.29 is 24.2 Å². The summed E-state index contributed by atoms with van der Waals surface area (Å²) in [6.07, 6.45) is -1.70. The van der Waals surface area contributed by atoms with Gasteiger partial charge >= 0.3 is 12.2 Å². The lowest BCUT2D eigenvalue weighted by molar-refractivity contribution is -0.000472. The Kier molecular flexibility index (Phi) is 6.43. The number of imide groups is 1. The highest BCUT2D eigenvalue weighted by Gasteiger charge is 2.32. The lowest BCUT2D eigenvalue weighted by Crippen LogP contribution is -2.49. The normalized spacial score (nSPS) is 13.6. The average Bonchev–Trinajstić information content (AvgIpc) is 2.19. The van der Waals surface area contributed by atoms with Crippen LogP contribution in [0.4, 0.5) is 9.59 Å². The van der Waals surface area contributed by atoms with Gasteiger partial charge in [0.25, 0.3) is 0 Å². The Morgan fingerprint density at radius 2 is 1.40 bits per heavy atom. The summed E-state index contributed by atoms with van der Waals surface area (Å²) in [5.74, 6) is 0. The minimum atomic E-state index is -0.851. The molecule has 0 spiro atoms. The number of aliphatic hydroxyl groups is 1. The summed E-state index contributed by atoms with van der Waals surface area (Å²) in [5, 5.41) is 8.96. The van der Waals surface area contributed by atoms with Crippen LogP contribution >= 0.6 is 0 Å². The molecule has 118 valence electrons. The van der Waals surface area contributed by atoms with Crippen LogP contribution in [0.1, 0.15) is 41.5 Å². The summed E-state index contributed by atoms with van der Waals surface area (Å²) in [5.41, 5.74) is 4.07. The maximum Gasteiger partial charge on any atom is 0.419 e. The molecule has 0 bridgehead atoms. The fourth-order valence-electron chi connectivity index (χ4n) is 1.15. The first kappa shape index (κ1) is 18.7. The van der Waals surface area contributed by atoms with Crippen molar-refractivity contribution in [2.24, 2.45) is 5.73 Å². The summed E-state index contributed by atoms with van der Waals surface area (Å²) in [4.78, 5) is 24.8. The van der Waals surface area contributed by atoms with Crippen LogP contribution in [0.15, 0.2) is 0 Å². The summed E-state index contributed by atoms with van der Waals surface area (Å²) >= 11 is 0. The number of nitrogens with two attached hydrogens (primary N) is 1. The molecule has 1 unspecified atom stereocenters. The van der Waals surface area contributed by atoms with Gasteiger partial charge in [-0.2, -0.15) is 0 Å². The summed E-state index contributed by atoms with van der Waals surface area (Å²) in [6, 6.07) is -0.755. The highest BCUT2D eigenvalue weighted by molar-refractivity contribution is 5.88. The molecule has 0 saturated heterocycles. The molecule has 0 aliphatic carbocycles. The SMILES string of the molecule is CC(C)(C)OC(=O)N(CC(N)CO)C(=O)OC(C)(C)C. The topological polar surface area (TPSA) is 102 Å². The molecule has 2 amide bonds. The van der Waals surface area contributed by atoms with E-state index in [1.165, 1.54) is 0 Å².